The molecular formula is C19H20N2O3. The minimum absolute atomic E-state index is 0.0652. The molecule has 0 aliphatic heterocycles. The minimum atomic E-state index is -0.0652. The number of nitrogens with one attached hydrogen (secondary N) is 1. The number of hydrogen-bond donors (Lipinski definition) is 1. The van der Waals surface area contributed by atoms with Gasteiger partial charge in [-0.25, -0.2) is 4.98 Å². The summed E-state index contributed by atoms with van der Waals surface area (Å²) in [6.07, 6.45) is 3.61. The van der Waals surface area contributed by atoms with E-state index in [0.717, 1.165) is 27.7 Å². The molecule has 2 heterocycles. The predicted molar refractivity (Wildman–Crippen MR) is 91.9 cm³/mol. The van der Waals surface area contributed by atoms with Crippen LogP contribution in [0, 0.1) is 6.92 Å². The van der Waals surface area contributed by atoms with Gasteiger partial charge in [0.1, 0.15) is 5.58 Å². The normalized spacial score (nSPS) is 10.8. The molecule has 1 amide bonds. The first-order valence-corrected chi connectivity index (χ1v) is 7.97. The van der Waals surface area contributed by atoms with Gasteiger partial charge in [-0.2, -0.15) is 0 Å². The summed E-state index contributed by atoms with van der Waals surface area (Å²) in [5.74, 6) is 0.495. The van der Waals surface area contributed by atoms with Crippen molar-refractivity contribution in [3.05, 3.63) is 59.5 Å². The third-order valence-corrected chi connectivity index (χ3v) is 3.77. The molecule has 0 bridgehead atoms. The zero-order valence-electron chi connectivity index (χ0n) is 13.8. The largest absolute Gasteiger partial charge is 0.478 e. The van der Waals surface area contributed by atoms with Crippen LogP contribution in [0.15, 0.2) is 47.2 Å². The molecule has 0 spiro atoms. The Labute approximate surface area is 140 Å². The van der Waals surface area contributed by atoms with Crippen LogP contribution in [-0.2, 0) is 17.8 Å². The number of rotatable bonds is 6. The van der Waals surface area contributed by atoms with Gasteiger partial charge < -0.3 is 14.5 Å². The average molecular weight is 324 g/mol. The second-order valence-electron chi connectivity index (χ2n) is 5.61. The maximum atomic E-state index is 12.2. The highest BCUT2D eigenvalue weighted by Gasteiger charge is 2.11. The van der Waals surface area contributed by atoms with E-state index in [1.54, 1.807) is 12.5 Å². The summed E-state index contributed by atoms with van der Waals surface area (Å²) < 4.78 is 11.0. The fourth-order valence-corrected chi connectivity index (χ4v) is 2.58. The molecule has 1 N–H and O–H groups in total. The lowest BCUT2D eigenvalue weighted by molar-refractivity contribution is -0.120. The number of furan rings is 1. The number of aryl methyl sites for hydroxylation is 1. The molecule has 0 fully saturated rings. The number of nitrogens with zero attached hydrogens (tertiary/aromatic N) is 1. The van der Waals surface area contributed by atoms with Crippen molar-refractivity contribution in [2.45, 2.75) is 26.8 Å². The molecule has 3 aromatic rings. The molecule has 0 saturated carbocycles. The first kappa shape index (κ1) is 16.1. The second-order valence-corrected chi connectivity index (χ2v) is 5.61. The van der Waals surface area contributed by atoms with E-state index in [1.807, 2.05) is 44.2 Å². The van der Waals surface area contributed by atoms with Crippen molar-refractivity contribution in [3.63, 3.8) is 0 Å². The first-order chi connectivity index (χ1) is 11.7. The summed E-state index contributed by atoms with van der Waals surface area (Å²) in [6.45, 7) is 4.84. The maximum Gasteiger partial charge on any atom is 0.224 e. The smallest absolute Gasteiger partial charge is 0.224 e. The lowest BCUT2D eigenvalue weighted by Gasteiger charge is -2.09. The molecule has 2 aromatic heterocycles. The number of carbonyl (C=O) groups excluding carboxylic acids is 1. The van der Waals surface area contributed by atoms with Crippen molar-refractivity contribution in [1.29, 1.82) is 0 Å². The van der Waals surface area contributed by atoms with Crippen molar-refractivity contribution in [3.8, 4) is 5.88 Å². The number of fused-ring (bicyclic) bond motifs is 1. The molecule has 3 rings (SSSR count). The molecule has 5 nitrogen and oxygen atoms in total. The van der Waals surface area contributed by atoms with E-state index in [9.17, 15) is 4.79 Å². The van der Waals surface area contributed by atoms with Gasteiger partial charge in [0.05, 0.1) is 19.3 Å². The van der Waals surface area contributed by atoms with Gasteiger partial charge in [-0.3, -0.25) is 4.79 Å². The molecule has 1 aromatic carbocycles. The zero-order valence-corrected chi connectivity index (χ0v) is 13.8. The number of hydrogen-bond acceptors (Lipinski definition) is 4. The Morgan fingerprint density at radius 2 is 2.17 bits per heavy atom. The number of amides is 1. The predicted octanol–water partition coefficient (Wildman–Crippen LogP) is 3.39. The highest BCUT2D eigenvalue weighted by atomic mass is 16.5. The number of benzene rings is 1. The van der Waals surface area contributed by atoms with Crippen molar-refractivity contribution >= 4 is 16.9 Å². The molecule has 0 unspecified atom stereocenters. The van der Waals surface area contributed by atoms with E-state index in [0.29, 0.717) is 19.0 Å². The van der Waals surface area contributed by atoms with Gasteiger partial charge >= 0.3 is 0 Å². The third-order valence-electron chi connectivity index (χ3n) is 3.77. The quantitative estimate of drug-likeness (QED) is 0.755. The Balaban J connectivity index is 1.65. The van der Waals surface area contributed by atoms with Crippen LogP contribution in [0.1, 0.15) is 23.6 Å². The van der Waals surface area contributed by atoms with E-state index in [2.05, 4.69) is 10.3 Å². The highest BCUT2D eigenvalue weighted by molar-refractivity contribution is 5.87. The van der Waals surface area contributed by atoms with Crippen molar-refractivity contribution in [1.82, 2.24) is 10.3 Å². The number of ether oxygens (including phenoxy) is 1. The fourth-order valence-electron chi connectivity index (χ4n) is 2.58. The molecule has 0 aliphatic carbocycles. The second kappa shape index (κ2) is 7.17. The topological polar surface area (TPSA) is 64.4 Å². The van der Waals surface area contributed by atoms with Gasteiger partial charge in [0.25, 0.3) is 0 Å². The van der Waals surface area contributed by atoms with Gasteiger partial charge in [0.15, 0.2) is 0 Å². The number of carbonyl (C=O) groups is 1. The van der Waals surface area contributed by atoms with Crippen LogP contribution >= 0.6 is 0 Å². The van der Waals surface area contributed by atoms with Gasteiger partial charge in [-0.05, 0) is 31.5 Å². The Morgan fingerprint density at radius 3 is 3.00 bits per heavy atom. The Kier molecular flexibility index (Phi) is 4.79. The number of aromatic nitrogens is 1. The fraction of sp³-hybridized carbons (Fsp3) is 0.263. The van der Waals surface area contributed by atoms with Crippen LogP contribution in [0.25, 0.3) is 11.0 Å². The monoisotopic (exact) mass is 324 g/mol. The van der Waals surface area contributed by atoms with E-state index in [4.69, 9.17) is 9.15 Å². The molecule has 5 heteroatoms. The van der Waals surface area contributed by atoms with Crippen LogP contribution in [0.2, 0.25) is 0 Å². The van der Waals surface area contributed by atoms with E-state index >= 15 is 0 Å². The van der Waals surface area contributed by atoms with E-state index in [1.165, 1.54) is 0 Å². The summed E-state index contributed by atoms with van der Waals surface area (Å²) in [6, 6.07) is 9.71. The average Bonchev–Trinajstić information content (AvgIpc) is 2.96. The Morgan fingerprint density at radius 1 is 1.29 bits per heavy atom. The molecule has 24 heavy (non-hydrogen) atoms. The molecule has 0 radical (unpaired) electrons. The molecule has 0 atom stereocenters. The van der Waals surface area contributed by atoms with Crippen molar-refractivity contribution in [2.24, 2.45) is 0 Å². The van der Waals surface area contributed by atoms with Crippen molar-refractivity contribution < 1.29 is 13.9 Å². The van der Waals surface area contributed by atoms with Gasteiger partial charge in [-0.1, -0.05) is 18.2 Å². The summed E-state index contributed by atoms with van der Waals surface area (Å²) in [7, 11) is 0. The van der Waals surface area contributed by atoms with E-state index < -0.39 is 0 Å². The third kappa shape index (κ3) is 3.56. The molecule has 0 aliphatic rings. The minimum Gasteiger partial charge on any atom is -0.478 e. The zero-order chi connectivity index (χ0) is 16.9. The maximum absolute atomic E-state index is 12.2. The Hall–Kier alpha value is -2.82. The van der Waals surface area contributed by atoms with Crippen molar-refractivity contribution in [2.75, 3.05) is 6.61 Å². The highest BCUT2D eigenvalue weighted by Crippen LogP contribution is 2.22. The molecular weight excluding hydrogens is 304 g/mol. The summed E-state index contributed by atoms with van der Waals surface area (Å²) >= 11 is 0. The van der Waals surface area contributed by atoms with Crippen LogP contribution < -0.4 is 10.1 Å². The van der Waals surface area contributed by atoms with E-state index in [-0.39, 0.29) is 12.3 Å². The van der Waals surface area contributed by atoms with Crippen LogP contribution in [0.3, 0.4) is 0 Å². The molecule has 124 valence electrons. The first-order valence-electron chi connectivity index (χ1n) is 7.97. The van der Waals surface area contributed by atoms with Crippen LogP contribution in [0.5, 0.6) is 5.88 Å². The van der Waals surface area contributed by atoms with Gasteiger partial charge in [0.2, 0.25) is 11.8 Å². The van der Waals surface area contributed by atoms with Gasteiger partial charge in [0, 0.05) is 29.3 Å². The van der Waals surface area contributed by atoms with Crippen LogP contribution in [0.4, 0.5) is 0 Å². The summed E-state index contributed by atoms with van der Waals surface area (Å²) in [4.78, 5) is 16.4. The Bertz CT molecular complexity index is 855. The van der Waals surface area contributed by atoms with Crippen LogP contribution in [-0.4, -0.2) is 17.5 Å². The number of pyridine rings is 1. The standard InChI is InChI=1S/C19H20N2O3/c1-3-23-19-14(5-4-8-20-19)11-21-18(22)10-15-12-24-17-9-13(2)6-7-16(15)17/h4-9,12H,3,10-11H2,1-2H3,(H,21,22). The summed E-state index contributed by atoms with van der Waals surface area (Å²) in [5.41, 5.74) is 3.69. The molecule has 0 saturated heterocycles. The SMILES string of the molecule is CCOc1ncccc1CNC(=O)Cc1coc2cc(C)ccc12. The summed E-state index contributed by atoms with van der Waals surface area (Å²) in [5, 5.41) is 3.89. The lowest BCUT2D eigenvalue weighted by Crippen LogP contribution is -2.24. The lowest BCUT2D eigenvalue weighted by atomic mass is 10.1. The van der Waals surface area contributed by atoms with Gasteiger partial charge in [-0.15, -0.1) is 0 Å².